The number of anilines is 1. The van der Waals surface area contributed by atoms with Gasteiger partial charge in [0.1, 0.15) is 10.5 Å². The number of aryl methyl sites for hydroxylation is 1. The van der Waals surface area contributed by atoms with Crippen LogP contribution in [0, 0.1) is 18.2 Å². The highest BCUT2D eigenvalue weighted by molar-refractivity contribution is 7.18. The molecule has 1 atom stereocenters. The van der Waals surface area contributed by atoms with E-state index < -0.39 is 5.82 Å². The van der Waals surface area contributed by atoms with E-state index in [0.29, 0.717) is 29.0 Å². The molecular weight excluding hydrogens is 445 g/mol. The van der Waals surface area contributed by atoms with Crippen molar-refractivity contribution in [2.45, 2.75) is 45.7 Å². The molecule has 3 aromatic heterocycles. The maximum Gasteiger partial charge on any atom is 0.274 e. The van der Waals surface area contributed by atoms with Gasteiger partial charge in [0.15, 0.2) is 11.3 Å². The predicted octanol–water partition coefficient (Wildman–Crippen LogP) is 2.84. The summed E-state index contributed by atoms with van der Waals surface area (Å²) in [7, 11) is 0. The highest BCUT2D eigenvalue weighted by Gasteiger charge is 2.46. The van der Waals surface area contributed by atoms with Crippen LogP contribution >= 0.6 is 11.3 Å². The van der Waals surface area contributed by atoms with Gasteiger partial charge in [-0.3, -0.25) is 14.6 Å². The summed E-state index contributed by atoms with van der Waals surface area (Å²) in [5.74, 6) is -0.356. The molecule has 1 aliphatic heterocycles. The molecular formula is C22H24FN7O2S. The Bertz CT molecular complexity index is 1250. The number of thiazole rings is 1. The molecule has 0 bridgehead atoms. The molecule has 4 heterocycles. The molecule has 9 nitrogen and oxygen atoms in total. The summed E-state index contributed by atoms with van der Waals surface area (Å²) in [6, 6.07) is 1.01. The van der Waals surface area contributed by atoms with E-state index in [1.165, 1.54) is 17.4 Å². The number of aromatic nitrogens is 4. The molecule has 3 aromatic rings. The van der Waals surface area contributed by atoms with Gasteiger partial charge < -0.3 is 15.5 Å². The van der Waals surface area contributed by atoms with Gasteiger partial charge in [-0.25, -0.2) is 14.4 Å². The average molecular weight is 470 g/mol. The standard InChI is InChI=1S/C22H24FN7O2S/c1-11(13-6-14(23)8-24-7-13)25-21-28-16(17-18(29-21)26-12(2)33-17)19(31)30-9-15(10-30)27-20(32)22(3)4-5-22/h6-8,11,15H,4-5,9-10H2,1-3H3,(H,27,32)(H,25,28,29)/t11-/m0/s1. The minimum Gasteiger partial charge on any atom is -0.349 e. The lowest BCUT2D eigenvalue weighted by atomic mass is 10.0. The van der Waals surface area contributed by atoms with E-state index in [4.69, 9.17) is 0 Å². The number of halogens is 1. The monoisotopic (exact) mass is 469 g/mol. The van der Waals surface area contributed by atoms with E-state index in [0.717, 1.165) is 24.0 Å². The van der Waals surface area contributed by atoms with Crippen molar-refractivity contribution in [3.05, 3.63) is 40.5 Å². The van der Waals surface area contributed by atoms with Crippen LogP contribution in [0.3, 0.4) is 0 Å². The summed E-state index contributed by atoms with van der Waals surface area (Å²) in [4.78, 5) is 44.4. The van der Waals surface area contributed by atoms with Crippen LogP contribution in [0.15, 0.2) is 18.5 Å². The Hall–Kier alpha value is -3.21. The predicted molar refractivity (Wildman–Crippen MR) is 121 cm³/mol. The van der Waals surface area contributed by atoms with Crippen molar-refractivity contribution in [3.8, 4) is 0 Å². The molecule has 172 valence electrons. The van der Waals surface area contributed by atoms with Gasteiger partial charge in [0.05, 0.1) is 23.3 Å². The number of rotatable bonds is 6. The minimum atomic E-state index is -0.432. The van der Waals surface area contributed by atoms with Crippen LogP contribution in [0.1, 0.15) is 53.8 Å². The molecule has 2 amide bonds. The number of nitrogens with one attached hydrogen (secondary N) is 2. The molecule has 1 saturated heterocycles. The van der Waals surface area contributed by atoms with Crippen molar-refractivity contribution in [2.75, 3.05) is 18.4 Å². The van der Waals surface area contributed by atoms with E-state index in [-0.39, 0.29) is 41.0 Å². The lowest BCUT2D eigenvalue weighted by Gasteiger charge is -2.39. The fourth-order valence-electron chi connectivity index (χ4n) is 3.74. The second kappa shape index (κ2) is 7.98. The molecule has 11 heteroatoms. The molecule has 0 aromatic carbocycles. The van der Waals surface area contributed by atoms with Gasteiger partial charge in [-0.15, -0.1) is 11.3 Å². The van der Waals surface area contributed by atoms with Gasteiger partial charge in [0, 0.05) is 24.7 Å². The van der Waals surface area contributed by atoms with Crippen LogP contribution < -0.4 is 10.6 Å². The Morgan fingerprint density at radius 3 is 2.70 bits per heavy atom. The Morgan fingerprint density at radius 2 is 2.00 bits per heavy atom. The molecule has 0 radical (unpaired) electrons. The lowest BCUT2D eigenvalue weighted by Crippen LogP contribution is -2.61. The summed E-state index contributed by atoms with van der Waals surface area (Å²) in [5, 5.41) is 6.93. The third-order valence-electron chi connectivity index (χ3n) is 6.19. The van der Waals surface area contributed by atoms with Crippen molar-refractivity contribution in [1.29, 1.82) is 0 Å². The highest BCUT2D eigenvalue weighted by atomic mass is 32.1. The Balaban J connectivity index is 1.34. The second-order valence-corrected chi connectivity index (χ2v) is 10.2. The van der Waals surface area contributed by atoms with E-state index >= 15 is 0 Å². The lowest BCUT2D eigenvalue weighted by molar-refractivity contribution is -0.127. The smallest absolute Gasteiger partial charge is 0.274 e. The second-order valence-electron chi connectivity index (χ2n) is 9.03. The largest absolute Gasteiger partial charge is 0.349 e. The molecule has 1 aliphatic carbocycles. The first-order chi connectivity index (χ1) is 15.7. The van der Waals surface area contributed by atoms with Crippen LogP contribution in [-0.4, -0.2) is 55.8 Å². The fourth-order valence-corrected chi connectivity index (χ4v) is 4.58. The zero-order chi connectivity index (χ0) is 23.3. The van der Waals surface area contributed by atoms with Crippen molar-refractivity contribution < 1.29 is 14.0 Å². The molecule has 0 unspecified atom stereocenters. The minimum absolute atomic E-state index is 0.0440. The molecule has 1 saturated carbocycles. The van der Waals surface area contributed by atoms with Gasteiger partial charge >= 0.3 is 0 Å². The zero-order valence-electron chi connectivity index (χ0n) is 18.6. The third-order valence-corrected chi connectivity index (χ3v) is 7.15. The van der Waals surface area contributed by atoms with E-state index in [9.17, 15) is 14.0 Å². The number of pyridine rings is 1. The number of likely N-dealkylation sites (tertiary alicyclic amines) is 1. The molecule has 2 fully saturated rings. The fraction of sp³-hybridized carbons (Fsp3) is 0.455. The van der Waals surface area contributed by atoms with E-state index in [1.54, 1.807) is 11.1 Å². The SMILES string of the molecule is Cc1nc2nc(N[C@@H](C)c3cncc(F)c3)nc(C(=O)N3CC(NC(=O)C4(C)CC4)C3)c2s1. The van der Waals surface area contributed by atoms with Gasteiger partial charge in [0.25, 0.3) is 5.91 Å². The van der Waals surface area contributed by atoms with Crippen LogP contribution in [0.2, 0.25) is 0 Å². The van der Waals surface area contributed by atoms with E-state index in [2.05, 4.69) is 30.6 Å². The maximum absolute atomic E-state index is 13.6. The van der Waals surface area contributed by atoms with Gasteiger partial charge in [0.2, 0.25) is 11.9 Å². The molecule has 2 aliphatic rings. The van der Waals surface area contributed by atoms with Gasteiger partial charge in [-0.2, -0.15) is 4.98 Å². The third kappa shape index (κ3) is 4.24. The van der Waals surface area contributed by atoms with Crippen molar-refractivity contribution in [3.63, 3.8) is 0 Å². The van der Waals surface area contributed by atoms with E-state index in [1.807, 2.05) is 20.8 Å². The number of nitrogens with zero attached hydrogens (tertiary/aromatic N) is 5. The normalized spacial score (nSPS) is 18.0. The zero-order valence-corrected chi connectivity index (χ0v) is 19.4. The Morgan fingerprint density at radius 1 is 1.24 bits per heavy atom. The first-order valence-corrected chi connectivity index (χ1v) is 11.7. The molecule has 5 rings (SSSR count). The number of carbonyl (C=O) groups is 2. The van der Waals surface area contributed by atoms with Crippen LogP contribution in [0.25, 0.3) is 10.3 Å². The summed E-state index contributed by atoms with van der Waals surface area (Å²) >= 11 is 1.37. The molecule has 2 N–H and O–H groups in total. The summed E-state index contributed by atoms with van der Waals surface area (Å²) in [6.07, 6.45) is 4.53. The van der Waals surface area contributed by atoms with Crippen LogP contribution in [0.5, 0.6) is 0 Å². The molecule has 0 spiro atoms. The summed E-state index contributed by atoms with van der Waals surface area (Å²) in [6.45, 7) is 6.53. The first-order valence-electron chi connectivity index (χ1n) is 10.8. The summed E-state index contributed by atoms with van der Waals surface area (Å²) < 4.78 is 14.2. The first kappa shape index (κ1) is 21.6. The Kier molecular flexibility index (Phi) is 5.23. The highest BCUT2D eigenvalue weighted by Crippen LogP contribution is 2.45. The van der Waals surface area contributed by atoms with Crippen molar-refractivity contribution in [1.82, 2.24) is 30.2 Å². The number of hydrogen-bond acceptors (Lipinski definition) is 8. The number of hydrogen-bond donors (Lipinski definition) is 2. The van der Waals surface area contributed by atoms with Gasteiger partial charge in [-0.1, -0.05) is 6.92 Å². The number of carbonyl (C=O) groups excluding carboxylic acids is 2. The quantitative estimate of drug-likeness (QED) is 0.571. The van der Waals surface area contributed by atoms with Crippen LogP contribution in [0.4, 0.5) is 10.3 Å². The Labute approximate surface area is 193 Å². The van der Waals surface area contributed by atoms with Crippen molar-refractivity contribution >= 4 is 39.4 Å². The number of amides is 2. The maximum atomic E-state index is 13.6. The average Bonchev–Trinajstić information content (AvgIpc) is 3.38. The number of fused-ring (bicyclic) bond motifs is 1. The van der Waals surface area contributed by atoms with Gasteiger partial charge in [-0.05, 0) is 38.3 Å². The molecule has 33 heavy (non-hydrogen) atoms. The summed E-state index contributed by atoms with van der Waals surface area (Å²) in [5.41, 5.74) is 1.11. The topological polar surface area (TPSA) is 113 Å². The van der Waals surface area contributed by atoms with Crippen LogP contribution in [-0.2, 0) is 4.79 Å². The van der Waals surface area contributed by atoms with Crippen molar-refractivity contribution in [2.24, 2.45) is 5.41 Å².